The molecule has 2 rings (SSSR count). The van der Waals surface area contributed by atoms with E-state index in [9.17, 15) is 0 Å². The molecule has 1 nitrogen and oxygen atoms in total. The number of aromatic nitrogens is 1. The van der Waals surface area contributed by atoms with Crippen molar-refractivity contribution < 1.29 is 0 Å². The number of halogens is 2. The van der Waals surface area contributed by atoms with Crippen molar-refractivity contribution >= 4 is 27.5 Å². The van der Waals surface area contributed by atoms with Crippen LogP contribution in [0.4, 0.5) is 0 Å². The minimum absolute atomic E-state index is 0.736. The summed E-state index contributed by atoms with van der Waals surface area (Å²) in [6.45, 7) is 4.17. The van der Waals surface area contributed by atoms with E-state index in [-0.39, 0.29) is 0 Å². The molecule has 0 spiro atoms. The molecule has 0 fully saturated rings. The average Bonchev–Trinajstić information content (AvgIpc) is 2.52. The Morgan fingerprint density at radius 2 is 1.67 bits per heavy atom. The summed E-state index contributed by atoms with van der Waals surface area (Å²) in [4.78, 5) is 0. The lowest BCUT2D eigenvalue weighted by molar-refractivity contribution is 0.960. The number of aryl methyl sites for hydroxylation is 2. The van der Waals surface area contributed by atoms with Crippen LogP contribution in [0.15, 0.2) is 34.8 Å². The van der Waals surface area contributed by atoms with Gasteiger partial charge in [0.2, 0.25) is 0 Å². The van der Waals surface area contributed by atoms with Crippen molar-refractivity contribution in [3.8, 4) is 5.69 Å². The molecule has 0 aliphatic heterocycles. The van der Waals surface area contributed by atoms with E-state index in [1.807, 2.05) is 12.1 Å². The maximum Gasteiger partial charge on any atom is 0.0612 e. The molecule has 1 aromatic carbocycles. The van der Waals surface area contributed by atoms with Gasteiger partial charge in [0.05, 0.1) is 15.2 Å². The zero-order valence-corrected chi connectivity index (χ0v) is 10.9. The van der Waals surface area contributed by atoms with Crippen LogP contribution in [0, 0.1) is 13.8 Å². The predicted octanol–water partition coefficient (Wildman–Crippen LogP) is 4.51. The molecule has 0 N–H and O–H groups in total. The summed E-state index contributed by atoms with van der Waals surface area (Å²) >= 11 is 9.59. The standard InChI is InChI=1S/C12H11BrClN/c1-8-6-7-9(2)15(8)11-5-3-4-10(14)12(11)13/h3-7H,1-2H3. The van der Waals surface area contributed by atoms with Gasteiger partial charge < -0.3 is 4.57 Å². The summed E-state index contributed by atoms with van der Waals surface area (Å²) in [5.74, 6) is 0. The van der Waals surface area contributed by atoms with Gasteiger partial charge in [0.15, 0.2) is 0 Å². The van der Waals surface area contributed by atoms with E-state index in [1.54, 1.807) is 0 Å². The number of nitrogens with zero attached hydrogens (tertiary/aromatic N) is 1. The molecule has 0 amide bonds. The molecule has 0 saturated carbocycles. The highest BCUT2D eigenvalue weighted by atomic mass is 79.9. The molecule has 3 heteroatoms. The third-order valence-electron chi connectivity index (χ3n) is 2.44. The maximum atomic E-state index is 6.08. The Morgan fingerprint density at radius 3 is 2.27 bits per heavy atom. The summed E-state index contributed by atoms with van der Waals surface area (Å²) in [6.07, 6.45) is 0. The van der Waals surface area contributed by atoms with Crippen molar-refractivity contribution in [1.29, 1.82) is 0 Å². The predicted molar refractivity (Wildman–Crippen MR) is 68.0 cm³/mol. The molecule has 0 atom stereocenters. The highest BCUT2D eigenvalue weighted by Crippen LogP contribution is 2.30. The fourth-order valence-corrected chi connectivity index (χ4v) is 2.32. The lowest BCUT2D eigenvalue weighted by atomic mass is 10.3. The van der Waals surface area contributed by atoms with Crippen LogP contribution in [0.3, 0.4) is 0 Å². The second-order valence-corrected chi connectivity index (χ2v) is 4.72. The van der Waals surface area contributed by atoms with Crippen molar-refractivity contribution in [2.75, 3.05) is 0 Å². The fourth-order valence-electron chi connectivity index (χ4n) is 1.71. The highest BCUT2D eigenvalue weighted by Gasteiger charge is 2.09. The highest BCUT2D eigenvalue weighted by molar-refractivity contribution is 9.10. The summed E-state index contributed by atoms with van der Waals surface area (Å²) in [5.41, 5.74) is 3.49. The lowest BCUT2D eigenvalue weighted by Crippen LogP contribution is -1.99. The first-order chi connectivity index (χ1) is 7.11. The van der Waals surface area contributed by atoms with Crippen LogP contribution in [0.1, 0.15) is 11.4 Å². The van der Waals surface area contributed by atoms with Gasteiger partial charge in [-0.25, -0.2) is 0 Å². The van der Waals surface area contributed by atoms with Crippen molar-refractivity contribution in [3.63, 3.8) is 0 Å². The molecule has 0 saturated heterocycles. The number of hydrogen-bond acceptors (Lipinski definition) is 0. The van der Waals surface area contributed by atoms with Crippen molar-refractivity contribution in [2.24, 2.45) is 0 Å². The molecular weight excluding hydrogens is 273 g/mol. The van der Waals surface area contributed by atoms with Crippen molar-refractivity contribution in [3.05, 3.63) is 51.2 Å². The van der Waals surface area contributed by atoms with Gasteiger partial charge in [0.1, 0.15) is 0 Å². The van der Waals surface area contributed by atoms with E-state index in [1.165, 1.54) is 11.4 Å². The first kappa shape index (κ1) is 10.8. The second kappa shape index (κ2) is 4.03. The third kappa shape index (κ3) is 1.84. The third-order valence-corrected chi connectivity index (χ3v) is 3.82. The first-order valence-corrected chi connectivity index (χ1v) is 5.87. The number of rotatable bonds is 1. The number of hydrogen-bond donors (Lipinski definition) is 0. The van der Waals surface area contributed by atoms with Gasteiger partial charge in [-0.2, -0.15) is 0 Å². The normalized spacial score (nSPS) is 10.7. The Hall–Kier alpha value is -0.730. The average molecular weight is 285 g/mol. The molecule has 1 aromatic heterocycles. The summed E-state index contributed by atoms with van der Waals surface area (Å²) in [5, 5.41) is 0.736. The van der Waals surface area contributed by atoms with Crippen LogP contribution >= 0.6 is 27.5 Å². The van der Waals surface area contributed by atoms with Gasteiger partial charge in [-0.05, 0) is 54.0 Å². The maximum absolute atomic E-state index is 6.08. The van der Waals surface area contributed by atoms with Crippen LogP contribution in [0.2, 0.25) is 5.02 Å². The van der Waals surface area contributed by atoms with Crippen LogP contribution in [-0.4, -0.2) is 4.57 Å². The largest absolute Gasteiger partial charge is 0.317 e. The van der Waals surface area contributed by atoms with Crippen LogP contribution in [-0.2, 0) is 0 Å². The van der Waals surface area contributed by atoms with Gasteiger partial charge in [-0.1, -0.05) is 17.7 Å². The Bertz CT molecular complexity index is 483. The first-order valence-electron chi connectivity index (χ1n) is 4.70. The monoisotopic (exact) mass is 283 g/mol. The Labute approximate surface area is 103 Å². The lowest BCUT2D eigenvalue weighted by Gasteiger charge is -2.12. The van der Waals surface area contributed by atoms with Gasteiger partial charge in [0.25, 0.3) is 0 Å². The van der Waals surface area contributed by atoms with Crippen LogP contribution in [0.25, 0.3) is 5.69 Å². The van der Waals surface area contributed by atoms with E-state index >= 15 is 0 Å². The molecule has 1 heterocycles. The molecule has 0 bridgehead atoms. The van der Waals surface area contributed by atoms with Crippen LogP contribution < -0.4 is 0 Å². The zero-order valence-electron chi connectivity index (χ0n) is 8.59. The second-order valence-electron chi connectivity index (χ2n) is 3.52. The molecular formula is C12H11BrClN. The Kier molecular flexibility index (Phi) is 2.89. The molecule has 78 valence electrons. The van der Waals surface area contributed by atoms with E-state index < -0.39 is 0 Å². The molecule has 0 aliphatic carbocycles. The van der Waals surface area contributed by atoms with Gasteiger partial charge in [-0.3, -0.25) is 0 Å². The minimum Gasteiger partial charge on any atom is -0.317 e. The minimum atomic E-state index is 0.736. The molecule has 2 aromatic rings. The quantitative estimate of drug-likeness (QED) is 0.726. The van der Waals surface area contributed by atoms with E-state index in [2.05, 4.69) is 52.5 Å². The topological polar surface area (TPSA) is 4.93 Å². The molecule has 15 heavy (non-hydrogen) atoms. The van der Waals surface area contributed by atoms with Crippen LogP contribution in [0.5, 0.6) is 0 Å². The summed E-state index contributed by atoms with van der Waals surface area (Å²) < 4.78 is 3.12. The van der Waals surface area contributed by atoms with Crippen molar-refractivity contribution in [2.45, 2.75) is 13.8 Å². The molecule has 0 unspecified atom stereocenters. The van der Waals surface area contributed by atoms with E-state index in [0.717, 1.165) is 15.2 Å². The Morgan fingerprint density at radius 1 is 1.07 bits per heavy atom. The SMILES string of the molecule is Cc1ccc(C)n1-c1cccc(Cl)c1Br. The van der Waals surface area contributed by atoms with Gasteiger partial charge >= 0.3 is 0 Å². The zero-order chi connectivity index (χ0) is 11.0. The van der Waals surface area contributed by atoms with Crippen molar-refractivity contribution in [1.82, 2.24) is 4.57 Å². The fraction of sp³-hybridized carbons (Fsp3) is 0.167. The molecule has 0 radical (unpaired) electrons. The Balaban J connectivity index is 2.69. The summed E-state index contributed by atoms with van der Waals surface area (Å²) in [6, 6.07) is 10.1. The molecule has 0 aliphatic rings. The smallest absolute Gasteiger partial charge is 0.0612 e. The van der Waals surface area contributed by atoms with E-state index in [0.29, 0.717) is 0 Å². The summed E-state index contributed by atoms with van der Waals surface area (Å²) in [7, 11) is 0. The number of benzene rings is 1. The van der Waals surface area contributed by atoms with E-state index in [4.69, 9.17) is 11.6 Å². The van der Waals surface area contributed by atoms with Gasteiger partial charge in [-0.15, -0.1) is 0 Å². The van der Waals surface area contributed by atoms with Gasteiger partial charge in [0, 0.05) is 11.4 Å².